The fourth-order valence-corrected chi connectivity index (χ4v) is 3.41. The number of hydrogen-bond acceptors (Lipinski definition) is 5. The van der Waals surface area contributed by atoms with Crippen LogP contribution in [0.2, 0.25) is 0 Å². The van der Waals surface area contributed by atoms with Crippen LogP contribution in [0.4, 0.5) is 11.4 Å². The molecule has 1 fully saturated rings. The zero-order valence-electron chi connectivity index (χ0n) is 16.7. The largest absolute Gasteiger partial charge is 0.493 e. The molecule has 0 unspecified atom stereocenters. The van der Waals surface area contributed by atoms with E-state index in [1.807, 2.05) is 30.3 Å². The van der Waals surface area contributed by atoms with Gasteiger partial charge in [0.2, 0.25) is 5.91 Å². The highest BCUT2D eigenvalue weighted by molar-refractivity contribution is 5.92. The summed E-state index contributed by atoms with van der Waals surface area (Å²) in [6, 6.07) is 13.9. The zero-order chi connectivity index (χ0) is 19.8. The van der Waals surface area contributed by atoms with Gasteiger partial charge in [-0.2, -0.15) is 0 Å². The smallest absolute Gasteiger partial charge is 0.238 e. The van der Waals surface area contributed by atoms with Crippen molar-refractivity contribution in [1.82, 2.24) is 5.32 Å². The standard InChI is InChI=1S/C22H29N3O3/c1-27-20-10-5-17(15-21(20)28-2)11-12-23-16-22(26)24-18-6-8-19(9-7-18)25-13-3-4-14-25/h5-10,15,23H,3-4,11-14,16H2,1-2H3,(H,24,26). The summed E-state index contributed by atoms with van der Waals surface area (Å²) in [6.07, 6.45) is 3.32. The Kier molecular flexibility index (Phi) is 7.14. The van der Waals surface area contributed by atoms with E-state index in [1.165, 1.54) is 18.5 Å². The molecule has 2 aromatic carbocycles. The molecule has 0 saturated carbocycles. The van der Waals surface area contributed by atoms with Gasteiger partial charge in [0.05, 0.1) is 20.8 Å². The third-order valence-corrected chi connectivity index (χ3v) is 4.95. The van der Waals surface area contributed by atoms with Crippen LogP contribution in [0, 0.1) is 0 Å². The van der Waals surface area contributed by atoms with Gasteiger partial charge in [-0.05, 0) is 67.8 Å². The minimum atomic E-state index is -0.0405. The van der Waals surface area contributed by atoms with E-state index in [9.17, 15) is 4.79 Å². The van der Waals surface area contributed by atoms with Crippen LogP contribution >= 0.6 is 0 Å². The van der Waals surface area contributed by atoms with Crippen LogP contribution in [0.25, 0.3) is 0 Å². The number of amides is 1. The highest BCUT2D eigenvalue weighted by Gasteiger charge is 2.12. The molecular formula is C22H29N3O3. The SMILES string of the molecule is COc1ccc(CCNCC(=O)Nc2ccc(N3CCCC3)cc2)cc1OC. The van der Waals surface area contributed by atoms with Crippen molar-refractivity contribution in [2.24, 2.45) is 0 Å². The number of carbonyl (C=O) groups excluding carboxylic acids is 1. The first-order valence-electron chi connectivity index (χ1n) is 9.76. The number of rotatable bonds is 9. The van der Waals surface area contributed by atoms with Crippen LogP contribution < -0.4 is 25.0 Å². The van der Waals surface area contributed by atoms with E-state index < -0.39 is 0 Å². The van der Waals surface area contributed by atoms with Gasteiger partial charge in [0.15, 0.2) is 11.5 Å². The van der Waals surface area contributed by atoms with E-state index in [0.717, 1.165) is 36.5 Å². The van der Waals surface area contributed by atoms with E-state index in [4.69, 9.17) is 9.47 Å². The van der Waals surface area contributed by atoms with Gasteiger partial charge in [-0.15, -0.1) is 0 Å². The fraction of sp³-hybridized carbons (Fsp3) is 0.409. The molecule has 1 aliphatic heterocycles. The molecule has 3 rings (SSSR count). The van der Waals surface area contributed by atoms with Gasteiger partial charge >= 0.3 is 0 Å². The number of hydrogen-bond donors (Lipinski definition) is 2. The van der Waals surface area contributed by atoms with Crippen molar-refractivity contribution in [3.63, 3.8) is 0 Å². The molecule has 150 valence electrons. The molecule has 1 amide bonds. The summed E-state index contributed by atoms with van der Waals surface area (Å²) in [5.74, 6) is 1.39. The predicted octanol–water partition coefficient (Wildman–Crippen LogP) is 3.07. The third-order valence-electron chi connectivity index (χ3n) is 4.95. The molecule has 0 aromatic heterocycles. The van der Waals surface area contributed by atoms with Crippen LogP contribution in [0.5, 0.6) is 11.5 Å². The Hall–Kier alpha value is -2.73. The second kappa shape index (κ2) is 9.99. The molecule has 0 bridgehead atoms. The zero-order valence-corrected chi connectivity index (χ0v) is 16.7. The lowest BCUT2D eigenvalue weighted by atomic mass is 10.1. The number of nitrogens with one attached hydrogen (secondary N) is 2. The summed E-state index contributed by atoms with van der Waals surface area (Å²) in [4.78, 5) is 14.5. The number of nitrogens with zero attached hydrogens (tertiary/aromatic N) is 1. The highest BCUT2D eigenvalue weighted by Crippen LogP contribution is 2.27. The summed E-state index contributed by atoms with van der Waals surface area (Å²) in [5, 5.41) is 6.12. The van der Waals surface area contributed by atoms with E-state index in [0.29, 0.717) is 12.3 Å². The number of methoxy groups -OCH3 is 2. The monoisotopic (exact) mass is 383 g/mol. The van der Waals surface area contributed by atoms with Crippen molar-refractivity contribution in [2.45, 2.75) is 19.3 Å². The lowest BCUT2D eigenvalue weighted by Gasteiger charge is -2.17. The Bertz CT molecular complexity index is 771. The van der Waals surface area contributed by atoms with E-state index in [1.54, 1.807) is 14.2 Å². The summed E-state index contributed by atoms with van der Waals surface area (Å²) in [5.41, 5.74) is 3.18. The predicted molar refractivity (Wildman–Crippen MR) is 113 cm³/mol. The molecule has 2 N–H and O–H groups in total. The van der Waals surface area contributed by atoms with Crippen molar-refractivity contribution in [2.75, 3.05) is 50.6 Å². The van der Waals surface area contributed by atoms with Crippen LogP contribution in [-0.2, 0) is 11.2 Å². The van der Waals surface area contributed by atoms with Gasteiger partial charge in [0.1, 0.15) is 0 Å². The lowest BCUT2D eigenvalue weighted by Crippen LogP contribution is -2.29. The summed E-state index contributed by atoms with van der Waals surface area (Å²) in [7, 11) is 3.25. The Morgan fingerprint density at radius 3 is 2.39 bits per heavy atom. The van der Waals surface area contributed by atoms with Crippen molar-refractivity contribution < 1.29 is 14.3 Å². The minimum Gasteiger partial charge on any atom is -0.493 e. The molecule has 2 aromatic rings. The number of benzene rings is 2. The van der Waals surface area contributed by atoms with Crippen LogP contribution in [0.3, 0.4) is 0 Å². The van der Waals surface area contributed by atoms with Crippen molar-refractivity contribution in [3.05, 3.63) is 48.0 Å². The molecule has 0 atom stereocenters. The van der Waals surface area contributed by atoms with Crippen LogP contribution in [0.15, 0.2) is 42.5 Å². The Balaban J connectivity index is 1.39. The first kappa shape index (κ1) is 20.0. The molecule has 0 aliphatic carbocycles. The molecule has 1 saturated heterocycles. The summed E-state index contributed by atoms with van der Waals surface area (Å²) >= 11 is 0. The lowest BCUT2D eigenvalue weighted by molar-refractivity contribution is -0.115. The van der Waals surface area contributed by atoms with Gasteiger partial charge in [-0.1, -0.05) is 6.07 Å². The average Bonchev–Trinajstić information content (AvgIpc) is 3.26. The normalized spacial score (nSPS) is 13.4. The molecule has 6 heteroatoms. The van der Waals surface area contributed by atoms with E-state index in [-0.39, 0.29) is 12.5 Å². The van der Waals surface area contributed by atoms with Gasteiger partial charge in [0, 0.05) is 24.5 Å². The molecule has 28 heavy (non-hydrogen) atoms. The third kappa shape index (κ3) is 5.39. The van der Waals surface area contributed by atoms with E-state index >= 15 is 0 Å². The maximum atomic E-state index is 12.1. The minimum absolute atomic E-state index is 0.0405. The maximum absolute atomic E-state index is 12.1. The van der Waals surface area contributed by atoms with Crippen molar-refractivity contribution in [1.29, 1.82) is 0 Å². The van der Waals surface area contributed by atoms with Gasteiger partial charge in [-0.25, -0.2) is 0 Å². The topological polar surface area (TPSA) is 62.8 Å². The van der Waals surface area contributed by atoms with Gasteiger partial charge < -0.3 is 25.0 Å². The highest BCUT2D eigenvalue weighted by atomic mass is 16.5. The fourth-order valence-electron chi connectivity index (χ4n) is 3.41. The molecule has 0 radical (unpaired) electrons. The molecular weight excluding hydrogens is 354 g/mol. The van der Waals surface area contributed by atoms with Crippen molar-refractivity contribution >= 4 is 17.3 Å². The first-order valence-corrected chi connectivity index (χ1v) is 9.76. The molecule has 6 nitrogen and oxygen atoms in total. The van der Waals surface area contributed by atoms with Crippen molar-refractivity contribution in [3.8, 4) is 11.5 Å². The van der Waals surface area contributed by atoms with Gasteiger partial charge in [0.25, 0.3) is 0 Å². The number of ether oxygens (including phenoxy) is 2. The molecule has 1 heterocycles. The number of anilines is 2. The second-order valence-corrected chi connectivity index (χ2v) is 6.91. The Morgan fingerprint density at radius 1 is 1.00 bits per heavy atom. The van der Waals surface area contributed by atoms with E-state index in [2.05, 4.69) is 27.7 Å². The average molecular weight is 383 g/mol. The quantitative estimate of drug-likeness (QED) is 0.652. The van der Waals surface area contributed by atoms with Crippen LogP contribution in [-0.4, -0.2) is 46.3 Å². The summed E-state index contributed by atoms with van der Waals surface area (Å²) in [6.45, 7) is 3.23. The first-order chi connectivity index (χ1) is 13.7. The van der Waals surface area contributed by atoms with Gasteiger partial charge in [-0.3, -0.25) is 4.79 Å². The Labute approximate surface area is 166 Å². The summed E-state index contributed by atoms with van der Waals surface area (Å²) < 4.78 is 10.6. The Morgan fingerprint density at radius 2 is 1.71 bits per heavy atom. The second-order valence-electron chi connectivity index (χ2n) is 6.91. The molecule has 1 aliphatic rings. The molecule has 0 spiro atoms. The van der Waals surface area contributed by atoms with Crippen LogP contribution in [0.1, 0.15) is 18.4 Å². The maximum Gasteiger partial charge on any atom is 0.238 e. The number of carbonyl (C=O) groups is 1.